The number of hydrogen-bond acceptors (Lipinski definition) is 9. The maximum absolute atomic E-state index is 13.7. The Labute approximate surface area is 274 Å². The van der Waals surface area contributed by atoms with E-state index >= 15 is 0 Å². The summed E-state index contributed by atoms with van der Waals surface area (Å²) in [6, 6.07) is 15.1. The number of nitrogens with one attached hydrogen (secondary N) is 1. The third-order valence-electron chi connectivity index (χ3n) is 8.34. The van der Waals surface area contributed by atoms with Crippen LogP contribution >= 0.6 is 0 Å². The van der Waals surface area contributed by atoms with Gasteiger partial charge in [-0.1, -0.05) is 12.5 Å². The molecule has 0 aliphatic carbocycles. The van der Waals surface area contributed by atoms with Gasteiger partial charge < -0.3 is 23.7 Å². The molecule has 1 amide bonds. The highest BCUT2D eigenvalue weighted by molar-refractivity contribution is 7.87. The van der Waals surface area contributed by atoms with Crippen LogP contribution in [0.5, 0.6) is 17.2 Å². The summed E-state index contributed by atoms with van der Waals surface area (Å²) in [6.07, 6.45) is 3.03. The van der Waals surface area contributed by atoms with E-state index < -0.39 is 27.7 Å². The molecule has 3 aromatic carbocycles. The molecule has 2 aliphatic rings. The first-order valence-corrected chi connectivity index (χ1v) is 17.0. The number of nitrogens with zero attached hydrogens (tertiary/aromatic N) is 2. The number of fused-ring (bicyclic) bond motifs is 2. The summed E-state index contributed by atoms with van der Waals surface area (Å²) in [6.45, 7) is 8.35. The summed E-state index contributed by atoms with van der Waals surface area (Å²) in [5.41, 5.74) is 2.49. The molecule has 0 spiro atoms. The lowest BCUT2D eigenvalue weighted by Gasteiger charge is -2.26. The van der Waals surface area contributed by atoms with Gasteiger partial charge in [-0.3, -0.25) is 9.69 Å². The van der Waals surface area contributed by atoms with Crippen molar-refractivity contribution in [2.24, 2.45) is 0 Å². The molecule has 1 aromatic heterocycles. The van der Waals surface area contributed by atoms with Crippen molar-refractivity contribution in [1.29, 1.82) is 0 Å². The molecule has 1 saturated heterocycles. The van der Waals surface area contributed by atoms with E-state index in [1.807, 2.05) is 18.2 Å². The Morgan fingerprint density at radius 1 is 0.894 bits per heavy atom. The van der Waals surface area contributed by atoms with Crippen LogP contribution in [0.3, 0.4) is 0 Å². The predicted molar refractivity (Wildman–Crippen MR) is 177 cm³/mol. The zero-order valence-electron chi connectivity index (χ0n) is 27.2. The first-order chi connectivity index (χ1) is 22.4. The molecule has 12 heteroatoms. The second-order valence-corrected chi connectivity index (χ2v) is 14.3. The van der Waals surface area contributed by atoms with E-state index in [4.69, 9.17) is 18.4 Å². The normalized spacial score (nSPS) is 15.3. The number of amides is 1. The number of ether oxygens (including phenoxy) is 3. The number of carbonyl (C=O) groups excluding carboxylic acids is 2. The predicted octanol–water partition coefficient (Wildman–Crippen LogP) is 6.11. The quantitative estimate of drug-likeness (QED) is 0.223. The van der Waals surface area contributed by atoms with Crippen molar-refractivity contribution < 1.29 is 36.4 Å². The Bertz CT molecular complexity index is 1970. The van der Waals surface area contributed by atoms with Crippen LogP contribution in [-0.2, 0) is 27.9 Å². The summed E-state index contributed by atoms with van der Waals surface area (Å²) in [7, 11) is -1.47. The van der Waals surface area contributed by atoms with E-state index in [2.05, 4.69) is 16.3 Å². The molecule has 1 fully saturated rings. The van der Waals surface area contributed by atoms with Crippen LogP contribution in [0, 0.1) is 0 Å². The molecule has 0 bridgehead atoms. The highest BCUT2D eigenvalue weighted by atomic mass is 32.2. The van der Waals surface area contributed by atoms with Gasteiger partial charge in [0.2, 0.25) is 0 Å². The maximum Gasteiger partial charge on any atom is 0.419 e. The minimum Gasteiger partial charge on any atom is -0.493 e. The summed E-state index contributed by atoms with van der Waals surface area (Å²) in [5.74, 6) is 0.186. The number of carbonyl (C=O) groups is 2. The third kappa shape index (κ3) is 6.52. The van der Waals surface area contributed by atoms with Gasteiger partial charge >= 0.3 is 16.2 Å². The van der Waals surface area contributed by atoms with Gasteiger partial charge in [-0.25, -0.2) is 9.36 Å². The average molecular weight is 662 g/mol. The standard InChI is InChI=1S/C35H39N3O8S/c1-35(2,3)45-34(40)38-27-12-9-22(21-37-15-7-6-8-16-37)17-23(27)18-28(38)25-11-14-29(26-20-36-33(39)32(25)26)46-47(41,42)24-10-13-30(43-4)31(19-24)44-5/h9-14,17-19H,6-8,15-16,20-21H2,1-5H3,(H,36,39). The zero-order valence-corrected chi connectivity index (χ0v) is 28.0. The molecule has 11 nitrogen and oxygen atoms in total. The van der Waals surface area contributed by atoms with E-state index in [9.17, 15) is 18.0 Å². The molecule has 0 unspecified atom stereocenters. The molecule has 6 rings (SSSR count). The fourth-order valence-electron chi connectivity index (χ4n) is 6.19. The van der Waals surface area contributed by atoms with E-state index in [0.717, 1.165) is 30.6 Å². The van der Waals surface area contributed by atoms with Crippen LogP contribution in [0.25, 0.3) is 22.2 Å². The van der Waals surface area contributed by atoms with Gasteiger partial charge in [-0.15, -0.1) is 0 Å². The number of aromatic nitrogens is 1. The van der Waals surface area contributed by atoms with E-state index in [1.165, 1.54) is 62.3 Å². The molecule has 0 atom stereocenters. The summed E-state index contributed by atoms with van der Waals surface area (Å²) in [4.78, 5) is 29.3. The smallest absolute Gasteiger partial charge is 0.419 e. The lowest BCUT2D eigenvalue weighted by Crippen LogP contribution is -2.29. The molecule has 0 radical (unpaired) electrons. The number of methoxy groups -OCH3 is 2. The Hall–Kier alpha value is -4.55. The molecule has 1 N–H and O–H groups in total. The number of likely N-dealkylation sites (tertiary alicyclic amines) is 1. The Balaban J connectivity index is 1.43. The monoisotopic (exact) mass is 661 g/mol. The van der Waals surface area contributed by atoms with Crippen molar-refractivity contribution in [3.8, 4) is 28.5 Å². The van der Waals surface area contributed by atoms with Crippen LogP contribution in [0.1, 0.15) is 61.5 Å². The second kappa shape index (κ2) is 12.6. The van der Waals surface area contributed by atoms with Crippen molar-refractivity contribution in [1.82, 2.24) is 14.8 Å². The van der Waals surface area contributed by atoms with Crippen LogP contribution in [0.15, 0.2) is 59.5 Å². The lowest BCUT2D eigenvalue weighted by atomic mass is 9.99. The van der Waals surface area contributed by atoms with Crippen molar-refractivity contribution in [2.45, 2.75) is 63.6 Å². The number of benzene rings is 3. The Morgan fingerprint density at radius 2 is 1.62 bits per heavy atom. The minimum absolute atomic E-state index is 0.000585. The Morgan fingerprint density at radius 3 is 2.32 bits per heavy atom. The largest absolute Gasteiger partial charge is 0.493 e. The van der Waals surface area contributed by atoms with Crippen molar-refractivity contribution in [3.05, 3.63) is 71.3 Å². The van der Waals surface area contributed by atoms with E-state index in [1.54, 1.807) is 26.8 Å². The average Bonchev–Trinajstić information content (AvgIpc) is 3.61. The molecule has 0 saturated carbocycles. The maximum atomic E-state index is 13.7. The number of rotatable bonds is 8. The molecule has 4 aromatic rings. The van der Waals surface area contributed by atoms with Crippen molar-refractivity contribution in [3.63, 3.8) is 0 Å². The van der Waals surface area contributed by atoms with Gasteiger partial charge in [-0.2, -0.15) is 8.42 Å². The summed E-state index contributed by atoms with van der Waals surface area (Å²) < 4.78 is 50.2. The van der Waals surface area contributed by atoms with Crippen LogP contribution in [-0.4, -0.2) is 62.8 Å². The van der Waals surface area contributed by atoms with E-state index in [-0.39, 0.29) is 28.5 Å². The fourth-order valence-corrected chi connectivity index (χ4v) is 7.17. The van der Waals surface area contributed by atoms with Gasteiger partial charge in [0.15, 0.2) is 11.5 Å². The van der Waals surface area contributed by atoms with Crippen LogP contribution < -0.4 is 19.0 Å². The molecule has 248 valence electrons. The molecule has 47 heavy (non-hydrogen) atoms. The lowest BCUT2D eigenvalue weighted by molar-refractivity contribution is 0.0546. The van der Waals surface area contributed by atoms with Crippen LogP contribution in [0.2, 0.25) is 0 Å². The van der Waals surface area contributed by atoms with Gasteiger partial charge in [0, 0.05) is 35.7 Å². The second-order valence-electron chi connectivity index (χ2n) is 12.8. The van der Waals surface area contributed by atoms with Crippen LogP contribution in [0.4, 0.5) is 4.79 Å². The molecular weight excluding hydrogens is 622 g/mol. The highest BCUT2D eigenvalue weighted by Crippen LogP contribution is 2.39. The first-order valence-electron chi connectivity index (χ1n) is 15.6. The minimum atomic E-state index is -4.32. The van der Waals surface area contributed by atoms with Crippen molar-refractivity contribution in [2.75, 3.05) is 27.3 Å². The third-order valence-corrected chi connectivity index (χ3v) is 9.57. The zero-order chi connectivity index (χ0) is 33.5. The first kappa shape index (κ1) is 32.4. The summed E-state index contributed by atoms with van der Waals surface area (Å²) in [5, 5.41) is 3.61. The fraction of sp³-hybridized carbons (Fsp3) is 0.371. The highest BCUT2D eigenvalue weighted by Gasteiger charge is 2.32. The summed E-state index contributed by atoms with van der Waals surface area (Å²) >= 11 is 0. The van der Waals surface area contributed by atoms with Gasteiger partial charge in [0.1, 0.15) is 16.2 Å². The molecule has 2 aliphatic heterocycles. The van der Waals surface area contributed by atoms with Gasteiger partial charge in [0.25, 0.3) is 5.91 Å². The van der Waals surface area contributed by atoms with Gasteiger partial charge in [-0.05, 0) is 94.7 Å². The topological polar surface area (TPSA) is 125 Å². The number of piperidine rings is 1. The SMILES string of the molecule is COc1ccc(S(=O)(=O)Oc2ccc(-c3cc4cc(CN5CCCCC5)ccc4n3C(=O)OC(C)(C)C)c3c2CNC3=O)cc1OC. The molecule has 3 heterocycles. The molecular formula is C35H39N3O8S. The van der Waals surface area contributed by atoms with Crippen molar-refractivity contribution >= 4 is 33.0 Å². The Kier molecular flexibility index (Phi) is 8.66. The number of hydrogen-bond donors (Lipinski definition) is 1. The van der Waals surface area contributed by atoms with E-state index in [0.29, 0.717) is 28.1 Å². The van der Waals surface area contributed by atoms with Gasteiger partial charge in [0.05, 0.1) is 31.0 Å².